The SMILES string of the molecule is CC(O)c1cc(F)ccc1OCCN1CCOCC1. The highest BCUT2D eigenvalue weighted by Crippen LogP contribution is 2.25. The van der Waals surface area contributed by atoms with Crippen molar-refractivity contribution < 1.29 is 19.0 Å². The molecule has 1 aromatic carbocycles. The third kappa shape index (κ3) is 4.16. The molecule has 0 aliphatic carbocycles. The molecule has 1 saturated heterocycles. The second-order valence-corrected chi connectivity index (χ2v) is 4.66. The predicted octanol–water partition coefficient (Wildman–Crippen LogP) is 1.59. The van der Waals surface area contributed by atoms with Gasteiger partial charge in [0.2, 0.25) is 0 Å². The molecule has 0 radical (unpaired) electrons. The summed E-state index contributed by atoms with van der Waals surface area (Å²) in [5.74, 6) is 0.182. The Balaban J connectivity index is 1.88. The number of aliphatic hydroxyl groups is 1. The number of morpholine rings is 1. The first-order valence-corrected chi connectivity index (χ1v) is 6.57. The fourth-order valence-corrected chi connectivity index (χ4v) is 2.09. The lowest BCUT2D eigenvalue weighted by atomic mass is 10.1. The molecule has 0 aromatic heterocycles. The van der Waals surface area contributed by atoms with E-state index < -0.39 is 6.10 Å². The van der Waals surface area contributed by atoms with Gasteiger partial charge in [-0.05, 0) is 25.1 Å². The van der Waals surface area contributed by atoms with E-state index in [0.29, 0.717) is 17.9 Å². The minimum absolute atomic E-state index is 0.364. The lowest BCUT2D eigenvalue weighted by molar-refractivity contribution is 0.0320. The van der Waals surface area contributed by atoms with Crippen molar-refractivity contribution in [1.29, 1.82) is 0 Å². The maximum absolute atomic E-state index is 13.1. The van der Waals surface area contributed by atoms with Gasteiger partial charge in [-0.3, -0.25) is 4.90 Å². The Hall–Kier alpha value is -1.17. The molecular weight excluding hydrogens is 249 g/mol. The van der Waals surface area contributed by atoms with E-state index >= 15 is 0 Å². The van der Waals surface area contributed by atoms with E-state index in [-0.39, 0.29) is 5.82 Å². The summed E-state index contributed by atoms with van der Waals surface area (Å²) in [5.41, 5.74) is 0.488. The Labute approximate surface area is 112 Å². The van der Waals surface area contributed by atoms with Crippen molar-refractivity contribution in [2.45, 2.75) is 13.0 Å². The van der Waals surface area contributed by atoms with Gasteiger partial charge in [-0.1, -0.05) is 0 Å². The molecule has 1 atom stereocenters. The minimum atomic E-state index is -0.742. The Morgan fingerprint density at radius 1 is 1.42 bits per heavy atom. The summed E-state index contributed by atoms with van der Waals surface area (Å²) in [6, 6.07) is 4.22. The largest absolute Gasteiger partial charge is 0.492 e. The lowest BCUT2D eigenvalue weighted by Gasteiger charge is -2.26. The molecule has 0 saturated carbocycles. The first-order valence-electron chi connectivity index (χ1n) is 6.57. The van der Waals surface area contributed by atoms with Gasteiger partial charge in [0, 0.05) is 25.2 Å². The number of benzene rings is 1. The van der Waals surface area contributed by atoms with Crippen LogP contribution in [0.1, 0.15) is 18.6 Å². The maximum atomic E-state index is 13.1. The van der Waals surface area contributed by atoms with E-state index in [2.05, 4.69) is 4.90 Å². The fourth-order valence-electron chi connectivity index (χ4n) is 2.09. The number of hydrogen-bond donors (Lipinski definition) is 1. The predicted molar refractivity (Wildman–Crippen MR) is 69.8 cm³/mol. The Morgan fingerprint density at radius 2 is 2.16 bits per heavy atom. The molecule has 106 valence electrons. The first-order chi connectivity index (χ1) is 9.16. The van der Waals surface area contributed by atoms with Gasteiger partial charge >= 0.3 is 0 Å². The zero-order chi connectivity index (χ0) is 13.7. The van der Waals surface area contributed by atoms with Gasteiger partial charge in [0.05, 0.1) is 19.3 Å². The fraction of sp³-hybridized carbons (Fsp3) is 0.571. The highest BCUT2D eigenvalue weighted by atomic mass is 19.1. The molecular formula is C14H20FNO3. The second kappa shape index (κ2) is 6.84. The number of aliphatic hydroxyl groups excluding tert-OH is 1. The third-order valence-corrected chi connectivity index (χ3v) is 3.19. The smallest absolute Gasteiger partial charge is 0.125 e. The quantitative estimate of drug-likeness (QED) is 0.881. The van der Waals surface area contributed by atoms with Crippen molar-refractivity contribution in [3.63, 3.8) is 0 Å². The standard InChI is InChI=1S/C14H20FNO3/c1-11(17)13-10-12(15)2-3-14(13)19-9-6-16-4-7-18-8-5-16/h2-3,10-11,17H,4-9H2,1H3. The molecule has 19 heavy (non-hydrogen) atoms. The first kappa shape index (κ1) is 14.2. The summed E-state index contributed by atoms with van der Waals surface area (Å²) < 4.78 is 24.0. The van der Waals surface area contributed by atoms with Crippen molar-refractivity contribution in [2.75, 3.05) is 39.5 Å². The van der Waals surface area contributed by atoms with Crippen molar-refractivity contribution in [1.82, 2.24) is 4.90 Å². The van der Waals surface area contributed by atoms with Crippen molar-refractivity contribution in [2.24, 2.45) is 0 Å². The molecule has 1 aliphatic rings. The summed E-state index contributed by atoms with van der Waals surface area (Å²) in [6.45, 7) is 6.27. The number of halogens is 1. The second-order valence-electron chi connectivity index (χ2n) is 4.66. The van der Waals surface area contributed by atoms with E-state index in [0.717, 1.165) is 32.8 Å². The number of nitrogens with zero attached hydrogens (tertiary/aromatic N) is 1. The molecule has 1 aliphatic heterocycles. The number of ether oxygens (including phenoxy) is 2. The lowest BCUT2D eigenvalue weighted by Crippen LogP contribution is -2.38. The van der Waals surface area contributed by atoms with Crippen LogP contribution in [0.15, 0.2) is 18.2 Å². The van der Waals surface area contributed by atoms with Crippen molar-refractivity contribution in [3.8, 4) is 5.75 Å². The molecule has 0 amide bonds. The van der Waals surface area contributed by atoms with E-state index in [9.17, 15) is 9.50 Å². The monoisotopic (exact) mass is 269 g/mol. The highest BCUT2D eigenvalue weighted by Gasteiger charge is 2.13. The van der Waals surface area contributed by atoms with Gasteiger partial charge in [-0.15, -0.1) is 0 Å². The molecule has 1 fully saturated rings. The van der Waals surface area contributed by atoms with Gasteiger partial charge in [-0.2, -0.15) is 0 Å². The molecule has 2 rings (SSSR count). The van der Waals surface area contributed by atoms with E-state index in [1.807, 2.05) is 0 Å². The molecule has 4 nitrogen and oxygen atoms in total. The van der Waals surface area contributed by atoms with Gasteiger partial charge in [0.15, 0.2) is 0 Å². The molecule has 1 aromatic rings. The average molecular weight is 269 g/mol. The van der Waals surface area contributed by atoms with Gasteiger partial charge in [0.1, 0.15) is 18.2 Å². The molecule has 5 heteroatoms. The molecule has 1 N–H and O–H groups in total. The highest BCUT2D eigenvalue weighted by molar-refractivity contribution is 5.35. The maximum Gasteiger partial charge on any atom is 0.125 e. The van der Waals surface area contributed by atoms with Crippen LogP contribution in [0.5, 0.6) is 5.75 Å². The minimum Gasteiger partial charge on any atom is -0.492 e. The van der Waals surface area contributed by atoms with Crippen LogP contribution in [-0.2, 0) is 4.74 Å². The van der Waals surface area contributed by atoms with Crippen LogP contribution in [0.25, 0.3) is 0 Å². The van der Waals surface area contributed by atoms with Crippen molar-refractivity contribution in [3.05, 3.63) is 29.6 Å². The van der Waals surface area contributed by atoms with Crippen LogP contribution < -0.4 is 4.74 Å². The van der Waals surface area contributed by atoms with Crippen LogP contribution in [0.3, 0.4) is 0 Å². The summed E-state index contributed by atoms with van der Waals surface area (Å²) in [5, 5.41) is 9.60. The summed E-state index contributed by atoms with van der Waals surface area (Å²) >= 11 is 0. The van der Waals surface area contributed by atoms with Crippen LogP contribution in [-0.4, -0.2) is 49.5 Å². The van der Waals surface area contributed by atoms with E-state index in [4.69, 9.17) is 9.47 Å². The number of hydrogen-bond acceptors (Lipinski definition) is 4. The van der Waals surface area contributed by atoms with E-state index in [1.54, 1.807) is 13.0 Å². The zero-order valence-corrected chi connectivity index (χ0v) is 11.1. The Bertz CT molecular complexity index is 406. The Morgan fingerprint density at radius 3 is 2.84 bits per heavy atom. The van der Waals surface area contributed by atoms with Crippen LogP contribution in [0, 0.1) is 5.82 Å². The molecule has 0 spiro atoms. The topological polar surface area (TPSA) is 41.9 Å². The summed E-state index contributed by atoms with van der Waals surface area (Å²) in [4.78, 5) is 2.26. The average Bonchev–Trinajstić information content (AvgIpc) is 2.41. The van der Waals surface area contributed by atoms with Gasteiger partial charge in [-0.25, -0.2) is 4.39 Å². The Kier molecular flexibility index (Phi) is 5.13. The van der Waals surface area contributed by atoms with Gasteiger partial charge < -0.3 is 14.6 Å². The third-order valence-electron chi connectivity index (χ3n) is 3.19. The zero-order valence-electron chi connectivity index (χ0n) is 11.1. The molecule has 1 heterocycles. The summed E-state index contributed by atoms with van der Waals surface area (Å²) in [6.07, 6.45) is -0.742. The van der Waals surface area contributed by atoms with Gasteiger partial charge in [0.25, 0.3) is 0 Å². The van der Waals surface area contributed by atoms with Crippen LogP contribution in [0.4, 0.5) is 4.39 Å². The molecule has 1 unspecified atom stereocenters. The normalized spacial score (nSPS) is 18.3. The van der Waals surface area contributed by atoms with Crippen LogP contribution >= 0.6 is 0 Å². The van der Waals surface area contributed by atoms with E-state index in [1.165, 1.54) is 12.1 Å². The van der Waals surface area contributed by atoms with Crippen LogP contribution in [0.2, 0.25) is 0 Å². The molecule has 0 bridgehead atoms. The number of rotatable bonds is 5. The summed E-state index contributed by atoms with van der Waals surface area (Å²) in [7, 11) is 0. The van der Waals surface area contributed by atoms with Crippen molar-refractivity contribution >= 4 is 0 Å².